The lowest BCUT2D eigenvalue weighted by molar-refractivity contribution is 0.102. The number of fused-ring (bicyclic) bond motifs is 1. The Morgan fingerprint density at radius 1 is 1.27 bits per heavy atom. The van der Waals surface area contributed by atoms with Crippen molar-refractivity contribution in [2.24, 2.45) is 0 Å². The van der Waals surface area contributed by atoms with Crippen molar-refractivity contribution in [1.29, 1.82) is 0 Å². The standard InChI is InChI=1S/C20H22N2O3S/c1-4-13-9-15(25-12(2)3)6-7-16(13)20(24)21-14-5-8-18-17(10-14)22-19(11-23)26-18/h5-10,12,23H,4,11H2,1-3H3,(H,21,24). The van der Waals surface area contributed by atoms with E-state index in [0.29, 0.717) is 16.3 Å². The molecule has 26 heavy (non-hydrogen) atoms. The molecule has 2 aromatic carbocycles. The zero-order valence-electron chi connectivity index (χ0n) is 15.1. The Hall–Kier alpha value is -2.44. The number of aryl methyl sites for hydroxylation is 1. The highest BCUT2D eigenvalue weighted by Crippen LogP contribution is 2.26. The minimum absolute atomic E-state index is 0.0777. The Balaban J connectivity index is 1.83. The summed E-state index contributed by atoms with van der Waals surface area (Å²) in [4.78, 5) is 17.1. The van der Waals surface area contributed by atoms with Crippen LogP contribution in [0.4, 0.5) is 5.69 Å². The third-order valence-electron chi connectivity index (χ3n) is 3.90. The first-order chi connectivity index (χ1) is 12.5. The monoisotopic (exact) mass is 370 g/mol. The van der Waals surface area contributed by atoms with Crippen molar-refractivity contribution >= 4 is 33.1 Å². The lowest BCUT2D eigenvalue weighted by Crippen LogP contribution is -2.14. The van der Waals surface area contributed by atoms with Crippen molar-refractivity contribution in [1.82, 2.24) is 4.98 Å². The topological polar surface area (TPSA) is 71.5 Å². The molecular weight excluding hydrogens is 348 g/mol. The van der Waals surface area contributed by atoms with Gasteiger partial charge in [0.05, 0.1) is 22.9 Å². The number of aliphatic hydroxyl groups is 1. The molecule has 0 aliphatic heterocycles. The zero-order valence-corrected chi connectivity index (χ0v) is 15.9. The van der Waals surface area contributed by atoms with E-state index in [1.165, 1.54) is 11.3 Å². The van der Waals surface area contributed by atoms with Crippen molar-refractivity contribution in [3.8, 4) is 5.75 Å². The van der Waals surface area contributed by atoms with E-state index in [4.69, 9.17) is 4.74 Å². The number of anilines is 1. The molecule has 0 radical (unpaired) electrons. The molecule has 0 aliphatic rings. The van der Waals surface area contributed by atoms with Crippen LogP contribution in [0.2, 0.25) is 0 Å². The SMILES string of the molecule is CCc1cc(OC(C)C)ccc1C(=O)Nc1ccc2sc(CO)nc2c1. The van der Waals surface area contributed by atoms with Gasteiger partial charge < -0.3 is 15.2 Å². The van der Waals surface area contributed by atoms with Crippen LogP contribution in [0.15, 0.2) is 36.4 Å². The Labute approximate surface area is 156 Å². The number of aromatic nitrogens is 1. The number of ether oxygens (including phenoxy) is 1. The van der Waals surface area contributed by atoms with Gasteiger partial charge in [0.15, 0.2) is 0 Å². The Morgan fingerprint density at radius 2 is 2.08 bits per heavy atom. The van der Waals surface area contributed by atoms with Crippen LogP contribution in [-0.4, -0.2) is 22.1 Å². The van der Waals surface area contributed by atoms with E-state index in [1.807, 2.05) is 51.1 Å². The number of hydrogen-bond donors (Lipinski definition) is 2. The predicted octanol–water partition coefficient (Wildman–Crippen LogP) is 4.39. The third kappa shape index (κ3) is 4.03. The van der Waals surface area contributed by atoms with Crippen LogP contribution in [-0.2, 0) is 13.0 Å². The smallest absolute Gasteiger partial charge is 0.255 e. The van der Waals surface area contributed by atoms with E-state index in [1.54, 1.807) is 6.07 Å². The van der Waals surface area contributed by atoms with Crippen LogP contribution in [0.1, 0.15) is 41.7 Å². The van der Waals surface area contributed by atoms with Crippen molar-refractivity contribution in [3.63, 3.8) is 0 Å². The molecule has 136 valence electrons. The number of rotatable bonds is 6. The second-order valence-electron chi connectivity index (χ2n) is 6.24. The lowest BCUT2D eigenvalue weighted by Gasteiger charge is -2.14. The number of amides is 1. The highest BCUT2D eigenvalue weighted by atomic mass is 32.1. The molecule has 0 aliphatic carbocycles. The minimum atomic E-state index is -0.157. The largest absolute Gasteiger partial charge is 0.491 e. The fraction of sp³-hybridized carbons (Fsp3) is 0.300. The highest BCUT2D eigenvalue weighted by Gasteiger charge is 2.13. The summed E-state index contributed by atoms with van der Waals surface area (Å²) in [5, 5.41) is 12.8. The maximum absolute atomic E-state index is 12.7. The number of thiazole rings is 1. The van der Waals surface area contributed by atoms with Gasteiger partial charge in [-0.15, -0.1) is 11.3 Å². The van der Waals surface area contributed by atoms with Gasteiger partial charge in [-0.05, 0) is 62.2 Å². The van der Waals surface area contributed by atoms with Crippen LogP contribution in [0, 0.1) is 0 Å². The van der Waals surface area contributed by atoms with Crippen LogP contribution < -0.4 is 10.1 Å². The lowest BCUT2D eigenvalue weighted by atomic mass is 10.0. The van der Waals surface area contributed by atoms with E-state index in [0.717, 1.165) is 28.0 Å². The van der Waals surface area contributed by atoms with Crippen molar-refractivity contribution < 1.29 is 14.6 Å². The summed E-state index contributed by atoms with van der Waals surface area (Å²) in [6, 6.07) is 11.1. The number of carbonyl (C=O) groups is 1. The van der Waals surface area contributed by atoms with Gasteiger partial charge in [0, 0.05) is 11.3 Å². The maximum Gasteiger partial charge on any atom is 0.255 e. The summed E-state index contributed by atoms with van der Waals surface area (Å²) >= 11 is 1.45. The molecule has 0 bridgehead atoms. The molecule has 1 aromatic heterocycles. The third-order valence-corrected chi connectivity index (χ3v) is 4.92. The molecule has 0 saturated heterocycles. The summed E-state index contributed by atoms with van der Waals surface area (Å²) in [7, 11) is 0. The van der Waals surface area contributed by atoms with Gasteiger partial charge >= 0.3 is 0 Å². The summed E-state index contributed by atoms with van der Waals surface area (Å²) in [5.74, 6) is 0.615. The summed E-state index contributed by atoms with van der Waals surface area (Å²) < 4.78 is 6.69. The number of aliphatic hydroxyl groups excluding tert-OH is 1. The van der Waals surface area contributed by atoms with E-state index < -0.39 is 0 Å². The molecular formula is C20H22N2O3S. The minimum Gasteiger partial charge on any atom is -0.491 e. The molecule has 0 spiro atoms. The summed E-state index contributed by atoms with van der Waals surface area (Å²) in [6.45, 7) is 5.89. The normalized spacial score (nSPS) is 11.1. The molecule has 1 heterocycles. The van der Waals surface area contributed by atoms with Crippen LogP contribution in [0.3, 0.4) is 0 Å². The molecule has 3 aromatic rings. The fourth-order valence-corrected chi connectivity index (χ4v) is 3.56. The number of nitrogens with zero attached hydrogens (tertiary/aromatic N) is 1. The number of carbonyl (C=O) groups excluding carboxylic acids is 1. The number of hydrogen-bond acceptors (Lipinski definition) is 5. The van der Waals surface area contributed by atoms with Gasteiger partial charge in [-0.1, -0.05) is 6.92 Å². The Morgan fingerprint density at radius 3 is 2.77 bits per heavy atom. The second kappa shape index (κ2) is 7.85. The predicted molar refractivity (Wildman–Crippen MR) is 105 cm³/mol. The molecule has 3 rings (SSSR count). The van der Waals surface area contributed by atoms with Gasteiger partial charge in [-0.2, -0.15) is 0 Å². The van der Waals surface area contributed by atoms with Crippen LogP contribution in [0.5, 0.6) is 5.75 Å². The average molecular weight is 370 g/mol. The molecule has 0 fully saturated rings. The Bertz CT molecular complexity index is 934. The fourth-order valence-electron chi connectivity index (χ4n) is 2.75. The van der Waals surface area contributed by atoms with E-state index >= 15 is 0 Å². The second-order valence-corrected chi connectivity index (χ2v) is 7.36. The first-order valence-corrected chi connectivity index (χ1v) is 9.43. The van der Waals surface area contributed by atoms with Crippen molar-refractivity contribution in [2.75, 3.05) is 5.32 Å². The van der Waals surface area contributed by atoms with E-state index in [9.17, 15) is 9.90 Å². The number of benzene rings is 2. The summed E-state index contributed by atoms with van der Waals surface area (Å²) in [6.07, 6.45) is 0.830. The van der Waals surface area contributed by atoms with Crippen molar-refractivity contribution in [3.05, 3.63) is 52.5 Å². The van der Waals surface area contributed by atoms with Gasteiger partial charge in [0.1, 0.15) is 10.8 Å². The van der Waals surface area contributed by atoms with Gasteiger partial charge in [0.2, 0.25) is 0 Å². The van der Waals surface area contributed by atoms with Crippen LogP contribution in [0.25, 0.3) is 10.2 Å². The molecule has 5 nitrogen and oxygen atoms in total. The average Bonchev–Trinajstić information content (AvgIpc) is 3.03. The molecule has 6 heteroatoms. The molecule has 0 atom stereocenters. The van der Waals surface area contributed by atoms with Gasteiger partial charge in [-0.3, -0.25) is 4.79 Å². The van der Waals surface area contributed by atoms with Crippen molar-refractivity contribution in [2.45, 2.75) is 39.9 Å². The quantitative estimate of drug-likeness (QED) is 0.675. The van der Waals surface area contributed by atoms with Gasteiger partial charge in [0.25, 0.3) is 5.91 Å². The maximum atomic E-state index is 12.7. The first kappa shape index (κ1) is 18.4. The Kier molecular flexibility index (Phi) is 5.54. The molecule has 1 amide bonds. The number of nitrogens with one attached hydrogen (secondary N) is 1. The highest BCUT2D eigenvalue weighted by molar-refractivity contribution is 7.18. The first-order valence-electron chi connectivity index (χ1n) is 8.61. The summed E-state index contributed by atoms with van der Waals surface area (Å²) in [5.41, 5.74) is 3.03. The molecule has 0 saturated carbocycles. The molecule has 2 N–H and O–H groups in total. The van der Waals surface area contributed by atoms with Gasteiger partial charge in [-0.25, -0.2) is 4.98 Å². The molecule has 0 unspecified atom stereocenters. The van der Waals surface area contributed by atoms with E-state index in [-0.39, 0.29) is 18.6 Å². The van der Waals surface area contributed by atoms with E-state index in [2.05, 4.69) is 10.3 Å². The van der Waals surface area contributed by atoms with Crippen LogP contribution >= 0.6 is 11.3 Å². The zero-order chi connectivity index (χ0) is 18.7.